The van der Waals surface area contributed by atoms with Gasteiger partial charge in [-0.15, -0.1) is 0 Å². The summed E-state index contributed by atoms with van der Waals surface area (Å²) in [6.45, 7) is 7.33. The van der Waals surface area contributed by atoms with Crippen LogP contribution in [0.1, 0.15) is 46.5 Å². The number of carbonyl (C=O) groups excluding carboxylic acids is 1. The maximum Gasteiger partial charge on any atom is 1.00 e. The molecule has 0 fully saturated rings. The molecule has 0 radical (unpaired) electrons. The van der Waals surface area contributed by atoms with Crippen LogP contribution >= 0.6 is 0 Å². The van der Waals surface area contributed by atoms with Crippen LogP contribution in [0.3, 0.4) is 0 Å². The number of carbonyl (C=O) groups is 1. The molecule has 0 spiro atoms. The predicted octanol–water partition coefficient (Wildman–Crippen LogP) is -3.10. The van der Waals surface area contributed by atoms with Crippen LogP contribution in [0, 0.1) is 0 Å². The number of hydrogen-bond acceptors (Lipinski definition) is 6. The van der Waals surface area contributed by atoms with Gasteiger partial charge in [-0.2, -0.15) is 0 Å². The molecule has 0 saturated heterocycles. The van der Waals surface area contributed by atoms with Crippen LogP contribution in [0.15, 0.2) is 12.2 Å². The Morgan fingerprint density at radius 3 is 2.54 bits per heavy atom. The molecule has 0 aliphatic carbocycles. The SMILES string of the molecule is C/C=C/CC(O)CNCCN(CC(O)CCCC)C(C)C(=O)[O-].[Li+]. The number of aliphatic carboxylic acids is 1. The van der Waals surface area contributed by atoms with Gasteiger partial charge in [-0.3, -0.25) is 4.90 Å². The molecule has 0 bridgehead atoms. The summed E-state index contributed by atoms with van der Waals surface area (Å²) in [5.74, 6) is -1.14. The van der Waals surface area contributed by atoms with Crippen molar-refractivity contribution in [2.75, 3.05) is 26.2 Å². The minimum Gasteiger partial charge on any atom is -0.548 e. The molecule has 0 aliphatic rings. The first-order valence-corrected chi connectivity index (χ1v) is 8.55. The number of nitrogens with zero attached hydrogens (tertiary/aromatic N) is 1. The molecular formula is C17H33LiN2O4. The second-order valence-corrected chi connectivity index (χ2v) is 5.95. The molecule has 0 aromatic carbocycles. The molecule has 136 valence electrons. The molecule has 0 rings (SSSR count). The van der Waals surface area contributed by atoms with E-state index in [2.05, 4.69) is 12.2 Å². The zero-order valence-corrected chi connectivity index (χ0v) is 15.7. The van der Waals surface area contributed by atoms with Gasteiger partial charge in [0.15, 0.2) is 0 Å². The molecule has 3 atom stereocenters. The van der Waals surface area contributed by atoms with Gasteiger partial charge >= 0.3 is 18.9 Å². The maximum absolute atomic E-state index is 11.1. The van der Waals surface area contributed by atoms with E-state index in [-0.39, 0.29) is 18.9 Å². The van der Waals surface area contributed by atoms with Gasteiger partial charge in [0, 0.05) is 32.2 Å². The van der Waals surface area contributed by atoms with Gasteiger partial charge in [0.25, 0.3) is 0 Å². The van der Waals surface area contributed by atoms with E-state index in [1.807, 2.05) is 19.1 Å². The molecule has 0 amide bonds. The van der Waals surface area contributed by atoms with E-state index in [9.17, 15) is 20.1 Å². The summed E-state index contributed by atoms with van der Waals surface area (Å²) in [5.41, 5.74) is 0. The van der Waals surface area contributed by atoms with E-state index >= 15 is 0 Å². The number of rotatable bonds is 14. The first kappa shape index (κ1) is 25.9. The fourth-order valence-corrected chi connectivity index (χ4v) is 2.26. The normalized spacial score (nSPS) is 15.2. The second kappa shape index (κ2) is 16.1. The Balaban J connectivity index is 0. The average molecular weight is 336 g/mol. The maximum atomic E-state index is 11.1. The molecule has 0 aromatic rings. The van der Waals surface area contributed by atoms with Crippen molar-refractivity contribution in [1.29, 1.82) is 0 Å². The molecule has 0 heterocycles. The molecule has 3 unspecified atom stereocenters. The number of allylic oxidation sites excluding steroid dienone is 1. The first-order valence-electron chi connectivity index (χ1n) is 8.55. The van der Waals surface area contributed by atoms with E-state index in [0.29, 0.717) is 39.0 Å². The summed E-state index contributed by atoms with van der Waals surface area (Å²) < 4.78 is 0. The van der Waals surface area contributed by atoms with Crippen molar-refractivity contribution in [2.45, 2.75) is 64.7 Å². The van der Waals surface area contributed by atoms with Crippen molar-refractivity contribution in [3.05, 3.63) is 12.2 Å². The molecular weight excluding hydrogens is 303 g/mol. The molecule has 0 saturated carbocycles. The monoisotopic (exact) mass is 336 g/mol. The Morgan fingerprint density at radius 1 is 1.33 bits per heavy atom. The van der Waals surface area contributed by atoms with Gasteiger partial charge in [-0.1, -0.05) is 31.9 Å². The van der Waals surface area contributed by atoms with Crippen molar-refractivity contribution in [3.63, 3.8) is 0 Å². The molecule has 6 nitrogen and oxygen atoms in total. The minimum absolute atomic E-state index is 0. The summed E-state index contributed by atoms with van der Waals surface area (Å²) in [4.78, 5) is 12.8. The van der Waals surface area contributed by atoms with Crippen molar-refractivity contribution in [2.24, 2.45) is 0 Å². The summed E-state index contributed by atoms with van der Waals surface area (Å²) >= 11 is 0. The van der Waals surface area contributed by atoms with Gasteiger partial charge in [0.05, 0.1) is 18.2 Å². The quantitative estimate of drug-likeness (QED) is 0.177. The van der Waals surface area contributed by atoms with Crippen LogP contribution in [-0.2, 0) is 4.79 Å². The number of aliphatic hydroxyl groups excluding tert-OH is 2. The third-order valence-electron chi connectivity index (χ3n) is 3.82. The Morgan fingerprint density at radius 2 is 2.00 bits per heavy atom. The Bertz CT molecular complexity index is 343. The summed E-state index contributed by atoms with van der Waals surface area (Å²) in [6, 6.07) is -0.749. The van der Waals surface area contributed by atoms with E-state index in [4.69, 9.17) is 0 Å². The zero-order valence-electron chi connectivity index (χ0n) is 15.7. The van der Waals surface area contributed by atoms with Crippen molar-refractivity contribution >= 4 is 5.97 Å². The summed E-state index contributed by atoms with van der Waals surface area (Å²) in [6.07, 6.45) is 6.00. The topological polar surface area (TPSA) is 95.9 Å². The van der Waals surface area contributed by atoms with E-state index in [1.165, 1.54) is 0 Å². The molecule has 0 aromatic heterocycles. The van der Waals surface area contributed by atoms with Gasteiger partial charge in [-0.05, 0) is 26.7 Å². The zero-order chi connectivity index (χ0) is 17.7. The van der Waals surface area contributed by atoms with Crippen LogP contribution in [0.4, 0.5) is 0 Å². The van der Waals surface area contributed by atoms with Gasteiger partial charge in [-0.25, -0.2) is 0 Å². The third kappa shape index (κ3) is 13.0. The average Bonchev–Trinajstić information content (AvgIpc) is 2.52. The fourth-order valence-electron chi connectivity index (χ4n) is 2.26. The van der Waals surface area contributed by atoms with Crippen molar-refractivity contribution in [1.82, 2.24) is 10.2 Å². The third-order valence-corrected chi connectivity index (χ3v) is 3.82. The van der Waals surface area contributed by atoms with Crippen molar-refractivity contribution in [3.8, 4) is 0 Å². The summed E-state index contributed by atoms with van der Waals surface area (Å²) in [5, 5.41) is 33.9. The van der Waals surface area contributed by atoms with Gasteiger partial charge in [0.1, 0.15) is 0 Å². The van der Waals surface area contributed by atoms with Crippen LogP contribution < -0.4 is 29.3 Å². The van der Waals surface area contributed by atoms with Crippen molar-refractivity contribution < 1.29 is 39.0 Å². The minimum atomic E-state index is -1.14. The number of nitrogens with one attached hydrogen (secondary N) is 1. The smallest absolute Gasteiger partial charge is 0.548 e. The Labute approximate surface area is 158 Å². The van der Waals surface area contributed by atoms with E-state index in [1.54, 1.807) is 11.8 Å². The predicted molar refractivity (Wildman–Crippen MR) is 89.9 cm³/mol. The van der Waals surface area contributed by atoms with E-state index in [0.717, 1.165) is 12.8 Å². The number of unbranched alkanes of at least 4 members (excludes halogenated alkanes) is 1. The fraction of sp³-hybridized carbons (Fsp3) is 0.824. The Hall–Kier alpha value is -0.353. The molecule has 3 N–H and O–H groups in total. The van der Waals surface area contributed by atoms with Gasteiger partial charge < -0.3 is 25.4 Å². The Kier molecular flexibility index (Phi) is 17.4. The first-order chi connectivity index (χ1) is 10.9. The van der Waals surface area contributed by atoms with Gasteiger partial charge in [0.2, 0.25) is 0 Å². The van der Waals surface area contributed by atoms with E-state index < -0.39 is 24.2 Å². The molecule has 24 heavy (non-hydrogen) atoms. The largest absolute Gasteiger partial charge is 1.00 e. The molecule has 0 aliphatic heterocycles. The number of carboxylic acid groups (broad SMARTS) is 1. The molecule has 7 heteroatoms. The standard InChI is InChI=1S/C17H34N2O4.Li/c1-4-6-8-15(20)12-18-10-11-19(14(3)17(22)23)13-16(21)9-7-5-2;/h4,6,14-16,18,20-21H,5,7-13H2,1-3H3,(H,22,23);/q;+1/p-1/b6-4+;. The summed E-state index contributed by atoms with van der Waals surface area (Å²) in [7, 11) is 0. The van der Waals surface area contributed by atoms with Crippen LogP contribution in [0.5, 0.6) is 0 Å². The second-order valence-electron chi connectivity index (χ2n) is 5.95. The number of carboxylic acids is 1. The van der Waals surface area contributed by atoms with Crippen LogP contribution in [-0.4, -0.2) is 65.5 Å². The number of aliphatic hydroxyl groups is 2. The number of hydrogen-bond donors (Lipinski definition) is 3. The van der Waals surface area contributed by atoms with Crippen LogP contribution in [0.2, 0.25) is 0 Å². The van der Waals surface area contributed by atoms with Crippen LogP contribution in [0.25, 0.3) is 0 Å².